The van der Waals surface area contributed by atoms with Gasteiger partial charge in [0.2, 0.25) is 5.91 Å². The van der Waals surface area contributed by atoms with E-state index in [1.165, 1.54) is 5.56 Å². The normalized spacial score (nSPS) is 22.6. The van der Waals surface area contributed by atoms with Crippen LogP contribution in [0.25, 0.3) is 0 Å². The lowest BCUT2D eigenvalue weighted by molar-refractivity contribution is -0.143. The van der Waals surface area contributed by atoms with Crippen LogP contribution in [0.4, 0.5) is 0 Å². The molecule has 1 saturated heterocycles. The summed E-state index contributed by atoms with van der Waals surface area (Å²) in [6.45, 7) is 10.9. The lowest BCUT2D eigenvalue weighted by Gasteiger charge is -2.35. The molecule has 0 aromatic carbocycles. The van der Waals surface area contributed by atoms with Gasteiger partial charge < -0.3 is 15.0 Å². The third kappa shape index (κ3) is 4.28. The van der Waals surface area contributed by atoms with Gasteiger partial charge in [0.25, 0.3) is 0 Å². The molecule has 0 bridgehead atoms. The molecule has 1 aromatic heterocycles. The van der Waals surface area contributed by atoms with E-state index in [1.807, 2.05) is 32.6 Å². The van der Waals surface area contributed by atoms with Crippen molar-refractivity contribution < 1.29 is 9.53 Å². The van der Waals surface area contributed by atoms with Crippen molar-refractivity contribution in [2.75, 3.05) is 19.6 Å². The number of carbonyl (C=O) groups is 1. The van der Waals surface area contributed by atoms with Crippen molar-refractivity contribution in [1.82, 2.24) is 20.4 Å². The number of hydrogen-bond acceptors (Lipinski definition) is 4. The van der Waals surface area contributed by atoms with Crippen molar-refractivity contribution >= 4 is 5.91 Å². The van der Waals surface area contributed by atoms with E-state index in [0.717, 1.165) is 17.9 Å². The number of aromatic nitrogens is 2. The zero-order valence-electron chi connectivity index (χ0n) is 13.4. The van der Waals surface area contributed by atoms with Gasteiger partial charge in [-0.2, -0.15) is 5.10 Å². The lowest BCUT2D eigenvalue weighted by atomic mass is 10.2. The molecule has 0 spiro atoms. The molecule has 1 aliphatic rings. The van der Waals surface area contributed by atoms with Crippen LogP contribution in [0.2, 0.25) is 0 Å². The molecule has 1 fully saturated rings. The zero-order valence-corrected chi connectivity index (χ0v) is 13.4. The molecule has 0 radical (unpaired) electrons. The van der Waals surface area contributed by atoms with Crippen molar-refractivity contribution in [1.29, 1.82) is 0 Å². The predicted molar refractivity (Wildman–Crippen MR) is 81.0 cm³/mol. The highest BCUT2D eigenvalue weighted by Gasteiger charge is 2.25. The predicted octanol–water partition coefficient (Wildman–Crippen LogP) is 1.14. The summed E-state index contributed by atoms with van der Waals surface area (Å²) in [6, 6.07) is 0. The average Bonchev–Trinajstić information content (AvgIpc) is 2.73. The van der Waals surface area contributed by atoms with E-state index in [9.17, 15) is 4.79 Å². The Morgan fingerprint density at radius 2 is 2.05 bits per heavy atom. The quantitative estimate of drug-likeness (QED) is 0.799. The van der Waals surface area contributed by atoms with Crippen molar-refractivity contribution in [2.45, 2.75) is 52.9 Å². The number of morpholine rings is 1. The number of carbonyl (C=O) groups excluding carboxylic acids is 1. The van der Waals surface area contributed by atoms with Gasteiger partial charge in [-0.15, -0.1) is 0 Å². The second-order valence-corrected chi connectivity index (χ2v) is 5.90. The molecule has 1 aromatic rings. The van der Waals surface area contributed by atoms with Crippen LogP contribution in [0.1, 0.15) is 37.2 Å². The Balaban J connectivity index is 1.72. The Morgan fingerprint density at radius 1 is 1.38 bits per heavy atom. The number of H-pyrrole nitrogens is 1. The summed E-state index contributed by atoms with van der Waals surface area (Å²) in [5.74, 6) is 0.199. The van der Waals surface area contributed by atoms with Crippen molar-refractivity contribution in [3.8, 4) is 0 Å². The Bertz CT molecular complexity index is 457. The van der Waals surface area contributed by atoms with E-state index >= 15 is 0 Å². The van der Waals surface area contributed by atoms with E-state index in [2.05, 4.69) is 15.5 Å². The number of aryl methyl sites for hydroxylation is 2. The standard InChI is InChI=1S/C15H26N4O2/c1-10-8-19(9-11(2)21-10)15(20)5-6-16-7-14-12(3)17-18-13(14)4/h10-11,16H,5-9H2,1-4H3,(H,17,18)/t10-,11-/m1/s1. The Labute approximate surface area is 126 Å². The van der Waals surface area contributed by atoms with Gasteiger partial charge in [0, 0.05) is 43.9 Å². The largest absolute Gasteiger partial charge is 0.372 e. The van der Waals surface area contributed by atoms with Gasteiger partial charge in [-0.1, -0.05) is 0 Å². The van der Waals surface area contributed by atoms with Crippen molar-refractivity contribution in [2.24, 2.45) is 0 Å². The lowest BCUT2D eigenvalue weighted by Crippen LogP contribution is -2.48. The fourth-order valence-electron chi connectivity index (χ4n) is 2.78. The van der Waals surface area contributed by atoms with E-state index in [0.29, 0.717) is 26.1 Å². The zero-order chi connectivity index (χ0) is 15.4. The molecule has 6 nitrogen and oxygen atoms in total. The number of nitrogens with zero attached hydrogens (tertiary/aromatic N) is 2. The third-order valence-corrected chi connectivity index (χ3v) is 3.87. The molecule has 1 aliphatic heterocycles. The van der Waals surface area contributed by atoms with Gasteiger partial charge in [-0.05, 0) is 27.7 Å². The Hall–Kier alpha value is -1.40. The summed E-state index contributed by atoms with van der Waals surface area (Å²) < 4.78 is 5.65. The maximum absolute atomic E-state index is 12.2. The van der Waals surface area contributed by atoms with Crippen LogP contribution in [-0.4, -0.2) is 52.8 Å². The Kier molecular flexibility index (Phi) is 5.36. The van der Waals surface area contributed by atoms with Gasteiger partial charge in [-0.25, -0.2) is 0 Å². The molecule has 2 atom stereocenters. The number of amides is 1. The molecule has 0 saturated carbocycles. The molecule has 2 rings (SSSR count). The minimum absolute atomic E-state index is 0.127. The summed E-state index contributed by atoms with van der Waals surface area (Å²) in [7, 11) is 0. The molecular weight excluding hydrogens is 268 g/mol. The molecule has 2 heterocycles. The van der Waals surface area contributed by atoms with E-state index in [1.54, 1.807) is 0 Å². The average molecular weight is 294 g/mol. The van der Waals surface area contributed by atoms with Crippen LogP contribution < -0.4 is 5.32 Å². The van der Waals surface area contributed by atoms with Gasteiger partial charge in [0.05, 0.1) is 17.9 Å². The highest BCUT2D eigenvalue weighted by Crippen LogP contribution is 2.12. The van der Waals surface area contributed by atoms with E-state index < -0.39 is 0 Å². The fourth-order valence-corrected chi connectivity index (χ4v) is 2.78. The van der Waals surface area contributed by atoms with Crippen LogP contribution in [0.15, 0.2) is 0 Å². The highest BCUT2D eigenvalue weighted by molar-refractivity contribution is 5.76. The van der Waals surface area contributed by atoms with Crippen molar-refractivity contribution in [3.63, 3.8) is 0 Å². The maximum atomic E-state index is 12.2. The molecule has 6 heteroatoms. The minimum atomic E-state index is 0.127. The summed E-state index contributed by atoms with van der Waals surface area (Å²) >= 11 is 0. The van der Waals surface area contributed by atoms with Crippen LogP contribution in [0.3, 0.4) is 0 Å². The molecule has 0 unspecified atom stereocenters. The first kappa shape index (κ1) is 16.0. The molecule has 0 aliphatic carbocycles. The molecule has 2 N–H and O–H groups in total. The third-order valence-electron chi connectivity index (χ3n) is 3.87. The number of aromatic amines is 1. The number of ether oxygens (including phenoxy) is 1. The molecule has 21 heavy (non-hydrogen) atoms. The first-order valence-corrected chi connectivity index (χ1v) is 7.61. The smallest absolute Gasteiger partial charge is 0.224 e. The van der Waals surface area contributed by atoms with Crippen LogP contribution in [0.5, 0.6) is 0 Å². The highest BCUT2D eigenvalue weighted by atomic mass is 16.5. The summed E-state index contributed by atoms with van der Waals surface area (Å²) in [5, 5.41) is 10.5. The minimum Gasteiger partial charge on any atom is -0.372 e. The van der Waals surface area contributed by atoms with Gasteiger partial charge >= 0.3 is 0 Å². The number of hydrogen-bond donors (Lipinski definition) is 2. The Morgan fingerprint density at radius 3 is 2.62 bits per heavy atom. The van der Waals surface area contributed by atoms with Crippen LogP contribution >= 0.6 is 0 Å². The first-order valence-electron chi connectivity index (χ1n) is 7.61. The van der Waals surface area contributed by atoms with Crippen molar-refractivity contribution in [3.05, 3.63) is 17.0 Å². The van der Waals surface area contributed by atoms with E-state index in [4.69, 9.17) is 4.74 Å². The second-order valence-electron chi connectivity index (χ2n) is 5.90. The van der Waals surface area contributed by atoms with Crippen LogP contribution in [-0.2, 0) is 16.1 Å². The second kappa shape index (κ2) is 7.04. The van der Waals surface area contributed by atoms with Gasteiger partial charge in [0.15, 0.2) is 0 Å². The monoisotopic (exact) mass is 294 g/mol. The fraction of sp³-hybridized carbons (Fsp3) is 0.733. The molecule has 1 amide bonds. The summed E-state index contributed by atoms with van der Waals surface area (Å²) in [5.41, 5.74) is 3.29. The van der Waals surface area contributed by atoms with Gasteiger partial charge in [0.1, 0.15) is 0 Å². The van der Waals surface area contributed by atoms with Crippen LogP contribution in [0, 0.1) is 13.8 Å². The first-order chi connectivity index (χ1) is 9.97. The van der Waals surface area contributed by atoms with E-state index in [-0.39, 0.29) is 18.1 Å². The topological polar surface area (TPSA) is 70.2 Å². The molecule has 118 valence electrons. The number of rotatable bonds is 5. The number of nitrogens with one attached hydrogen (secondary N) is 2. The molecular formula is C15H26N4O2. The summed E-state index contributed by atoms with van der Waals surface area (Å²) in [4.78, 5) is 14.1. The maximum Gasteiger partial charge on any atom is 0.224 e. The SMILES string of the molecule is Cc1n[nH]c(C)c1CNCCC(=O)N1C[C@@H](C)O[C@H](C)C1. The summed E-state index contributed by atoms with van der Waals surface area (Å²) in [6.07, 6.45) is 0.777. The van der Waals surface area contributed by atoms with Gasteiger partial charge in [-0.3, -0.25) is 9.89 Å².